The van der Waals surface area contributed by atoms with Crippen LogP contribution in [0, 0.1) is 5.92 Å². The maximum atomic E-state index is 12.9. The highest BCUT2D eigenvalue weighted by Crippen LogP contribution is 2.30. The molecule has 0 aliphatic carbocycles. The largest absolute Gasteiger partial charge is 0.416 e. The molecule has 7 nitrogen and oxygen atoms in total. The lowest BCUT2D eigenvalue weighted by Gasteiger charge is -2.28. The number of carbonyl (C=O) groups excluding carboxylic acids is 3. The molecule has 3 amide bonds. The molecule has 2 aromatic rings. The van der Waals surface area contributed by atoms with Crippen molar-refractivity contribution < 1.29 is 27.6 Å². The van der Waals surface area contributed by atoms with Gasteiger partial charge in [0.1, 0.15) is 0 Å². The van der Waals surface area contributed by atoms with Crippen LogP contribution in [0.5, 0.6) is 0 Å². The minimum atomic E-state index is -4.45. The molecule has 180 valence electrons. The Morgan fingerprint density at radius 3 is 2.56 bits per heavy atom. The average molecular weight is 474 g/mol. The molecule has 2 aliphatic heterocycles. The van der Waals surface area contributed by atoms with Gasteiger partial charge in [0, 0.05) is 44.8 Å². The SMILES string of the molecule is O=C1CN(c2ccc(CNC(=O)C3CC(=O)N(Cc4cccc(C(F)(F)F)c4)C3)cc2)CCN1. The van der Waals surface area contributed by atoms with E-state index in [2.05, 4.69) is 10.6 Å². The van der Waals surface area contributed by atoms with Crippen molar-refractivity contribution in [3.63, 3.8) is 0 Å². The van der Waals surface area contributed by atoms with Crippen molar-refractivity contribution in [1.29, 1.82) is 0 Å². The quantitative estimate of drug-likeness (QED) is 0.674. The molecule has 0 bridgehead atoms. The van der Waals surface area contributed by atoms with Crippen LogP contribution in [0.25, 0.3) is 0 Å². The highest BCUT2D eigenvalue weighted by Gasteiger charge is 2.35. The lowest BCUT2D eigenvalue weighted by atomic mass is 10.1. The van der Waals surface area contributed by atoms with E-state index in [1.54, 1.807) is 0 Å². The number of rotatable bonds is 6. The van der Waals surface area contributed by atoms with E-state index >= 15 is 0 Å². The summed E-state index contributed by atoms with van der Waals surface area (Å²) in [6.07, 6.45) is -4.42. The van der Waals surface area contributed by atoms with Gasteiger partial charge in [0.05, 0.1) is 18.0 Å². The number of benzene rings is 2. The number of alkyl halides is 3. The number of nitrogens with zero attached hydrogens (tertiary/aromatic N) is 2. The van der Waals surface area contributed by atoms with Gasteiger partial charge in [-0.1, -0.05) is 24.3 Å². The smallest absolute Gasteiger partial charge is 0.360 e. The van der Waals surface area contributed by atoms with Gasteiger partial charge in [0.15, 0.2) is 0 Å². The Hall–Kier alpha value is -3.56. The maximum Gasteiger partial charge on any atom is 0.416 e. The molecule has 2 heterocycles. The second kappa shape index (κ2) is 9.74. The molecule has 0 aromatic heterocycles. The van der Waals surface area contributed by atoms with Gasteiger partial charge >= 0.3 is 6.18 Å². The lowest BCUT2D eigenvalue weighted by Crippen LogP contribution is -2.47. The van der Waals surface area contributed by atoms with Crippen molar-refractivity contribution in [3.8, 4) is 0 Å². The van der Waals surface area contributed by atoms with E-state index in [4.69, 9.17) is 0 Å². The first-order chi connectivity index (χ1) is 16.2. The minimum absolute atomic E-state index is 0.0178. The van der Waals surface area contributed by atoms with Gasteiger partial charge in [-0.2, -0.15) is 13.2 Å². The first-order valence-electron chi connectivity index (χ1n) is 11.0. The Morgan fingerprint density at radius 1 is 1.09 bits per heavy atom. The van der Waals surface area contributed by atoms with Crippen molar-refractivity contribution in [2.75, 3.05) is 31.1 Å². The minimum Gasteiger partial charge on any atom is -0.360 e. The van der Waals surface area contributed by atoms with Crippen LogP contribution in [0.2, 0.25) is 0 Å². The van der Waals surface area contributed by atoms with Crippen LogP contribution in [0.15, 0.2) is 48.5 Å². The number of anilines is 1. The Morgan fingerprint density at radius 2 is 1.85 bits per heavy atom. The molecule has 0 spiro atoms. The number of likely N-dealkylation sites (tertiary alicyclic amines) is 1. The van der Waals surface area contributed by atoms with Crippen LogP contribution < -0.4 is 15.5 Å². The van der Waals surface area contributed by atoms with Crippen LogP contribution in [0.3, 0.4) is 0 Å². The zero-order valence-electron chi connectivity index (χ0n) is 18.4. The molecule has 2 aromatic carbocycles. The van der Waals surface area contributed by atoms with Gasteiger partial charge in [0.25, 0.3) is 0 Å². The predicted molar refractivity (Wildman–Crippen MR) is 118 cm³/mol. The lowest BCUT2D eigenvalue weighted by molar-refractivity contribution is -0.137. The van der Waals surface area contributed by atoms with E-state index in [1.807, 2.05) is 29.2 Å². The summed E-state index contributed by atoms with van der Waals surface area (Å²) in [7, 11) is 0. The number of halogens is 3. The van der Waals surface area contributed by atoms with Crippen molar-refractivity contribution >= 4 is 23.4 Å². The fourth-order valence-electron chi connectivity index (χ4n) is 4.18. The predicted octanol–water partition coefficient (Wildman–Crippen LogP) is 2.31. The van der Waals surface area contributed by atoms with E-state index in [0.29, 0.717) is 18.7 Å². The fraction of sp³-hybridized carbons (Fsp3) is 0.375. The zero-order chi connectivity index (χ0) is 24.3. The zero-order valence-corrected chi connectivity index (χ0v) is 18.4. The van der Waals surface area contributed by atoms with Crippen LogP contribution >= 0.6 is 0 Å². The van der Waals surface area contributed by atoms with E-state index in [0.717, 1.165) is 29.9 Å². The maximum absolute atomic E-state index is 12.9. The fourth-order valence-corrected chi connectivity index (χ4v) is 4.18. The van der Waals surface area contributed by atoms with Crippen molar-refractivity contribution in [2.45, 2.75) is 25.7 Å². The van der Waals surface area contributed by atoms with Crippen molar-refractivity contribution in [1.82, 2.24) is 15.5 Å². The van der Waals surface area contributed by atoms with Gasteiger partial charge in [-0.15, -0.1) is 0 Å². The summed E-state index contributed by atoms with van der Waals surface area (Å²) < 4.78 is 38.8. The molecule has 4 rings (SSSR count). The summed E-state index contributed by atoms with van der Waals surface area (Å²) in [5, 5.41) is 5.62. The van der Waals surface area contributed by atoms with E-state index in [-0.39, 0.29) is 43.8 Å². The molecule has 1 atom stereocenters. The van der Waals surface area contributed by atoms with Crippen molar-refractivity contribution in [3.05, 3.63) is 65.2 Å². The number of amides is 3. The summed E-state index contributed by atoms with van der Waals surface area (Å²) in [4.78, 5) is 39.9. The average Bonchev–Trinajstić information content (AvgIpc) is 3.17. The third-order valence-corrected chi connectivity index (χ3v) is 6.02. The van der Waals surface area contributed by atoms with Gasteiger partial charge in [0.2, 0.25) is 17.7 Å². The van der Waals surface area contributed by atoms with E-state index in [9.17, 15) is 27.6 Å². The molecule has 34 heavy (non-hydrogen) atoms. The van der Waals surface area contributed by atoms with Gasteiger partial charge in [-0.05, 0) is 35.4 Å². The molecule has 0 saturated carbocycles. The van der Waals surface area contributed by atoms with Crippen LogP contribution in [0.1, 0.15) is 23.1 Å². The van der Waals surface area contributed by atoms with Gasteiger partial charge in [-0.3, -0.25) is 14.4 Å². The molecular formula is C24H25F3N4O3. The Balaban J connectivity index is 1.29. The van der Waals surface area contributed by atoms with Gasteiger partial charge < -0.3 is 20.4 Å². The molecule has 10 heteroatoms. The molecule has 0 radical (unpaired) electrons. The first-order valence-corrected chi connectivity index (χ1v) is 11.0. The Bertz CT molecular complexity index is 1070. The highest BCUT2D eigenvalue weighted by atomic mass is 19.4. The summed E-state index contributed by atoms with van der Waals surface area (Å²) in [5.41, 5.74) is 1.41. The molecule has 2 N–H and O–H groups in total. The highest BCUT2D eigenvalue weighted by molar-refractivity contribution is 5.89. The summed E-state index contributed by atoms with van der Waals surface area (Å²) in [5.74, 6) is -1.09. The Labute approximate surface area is 194 Å². The standard InChI is InChI=1S/C24H25F3N4O3/c25-24(26,27)19-3-1-2-17(10-19)13-31-14-18(11-22(31)33)23(34)29-12-16-4-6-20(7-5-16)30-9-8-28-21(32)15-30/h1-7,10,18H,8-9,11-15H2,(H,28,32)(H,29,34). The summed E-state index contributed by atoms with van der Waals surface area (Å²) in [6.45, 7) is 2.12. The van der Waals surface area contributed by atoms with Gasteiger partial charge in [-0.25, -0.2) is 0 Å². The third kappa shape index (κ3) is 5.67. The molecule has 2 fully saturated rings. The van der Waals surface area contributed by atoms with E-state index < -0.39 is 17.7 Å². The number of carbonyl (C=O) groups is 3. The van der Waals surface area contributed by atoms with Crippen LogP contribution in [-0.2, 0) is 33.6 Å². The molecular weight excluding hydrogens is 449 g/mol. The monoisotopic (exact) mass is 474 g/mol. The first kappa shape index (κ1) is 23.6. The number of hydrogen-bond donors (Lipinski definition) is 2. The summed E-state index contributed by atoms with van der Waals surface area (Å²) in [6, 6.07) is 12.4. The van der Waals surface area contributed by atoms with Crippen LogP contribution in [0.4, 0.5) is 18.9 Å². The van der Waals surface area contributed by atoms with Crippen LogP contribution in [-0.4, -0.2) is 48.8 Å². The second-order valence-electron chi connectivity index (χ2n) is 8.53. The van der Waals surface area contributed by atoms with E-state index in [1.165, 1.54) is 17.0 Å². The second-order valence-corrected chi connectivity index (χ2v) is 8.53. The number of nitrogens with one attached hydrogen (secondary N) is 2. The third-order valence-electron chi connectivity index (χ3n) is 6.02. The topological polar surface area (TPSA) is 81.8 Å². The molecule has 2 saturated heterocycles. The number of piperazine rings is 1. The normalized spacial score (nSPS) is 18.7. The number of hydrogen-bond acceptors (Lipinski definition) is 4. The molecule has 1 unspecified atom stereocenters. The Kier molecular flexibility index (Phi) is 6.76. The van der Waals surface area contributed by atoms with Crippen molar-refractivity contribution in [2.24, 2.45) is 5.92 Å². The summed E-state index contributed by atoms with van der Waals surface area (Å²) >= 11 is 0. The molecule has 2 aliphatic rings.